The molecule has 0 radical (unpaired) electrons. The van der Waals surface area contributed by atoms with Crippen LogP contribution in [-0.4, -0.2) is 0 Å². The third-order valence-corrected chi connectivity index (χ3v) is 4.83. The van der Waals surface area contributed by atoms with Crippen molar-refractivity contribution in [1.82, 2.24) is 0 Å². The summed E-state index contributed by atoms with van der Waals surface area (Å²) in [5, 5.41) is 0. The highest BCUT2D eigenvalue weighted by molar-refractivity contribution is 5.30. The average Bonchev–Trinajstić information content (AvgIpc) is 2.50. The van der Waals surface area contributed by atoms with Crippen LogP contribution in [0.4, 0.5) is 0 Å². The van der Waals surface area contributed by atoms with Gasteiger partial charge in [-0.25, -0.2) is 0 Å². The molecule has 1 aromatic carbocycles. The first-order chi connectivity index (χ1) is 9.65. The summed E-state index contributed by atoms with van der Waals surface area (Å²) < 4.78 is 0. The van der Waals surface area contributed by atoms with Gasteiger partial charge in [0.05, 0.1) is 0 Å². The van der Waals surface area contributed by atoms with Crippen molar-refractivity contribution in [3.63, 3.8) is 0 Å². The standard InChI is InChI=1S/C20H32/c1-5-7-8-9-10-12-15-18(3)20(4,6-2)19-16-13-11-14-17-19/h6,11,13-14,16-18H,2,5,7-10,12,15H2,1,3-4H3. The normalized spacial score (nSPS) is 15.6. The SMILES string of the molecule is C=CC(C)(c1ccccc1)C(C)CCCCCCCC. The van der Waals surface area contributed by atoms with Crippen LogP contribution in [0.1, 0.15) is 71.3 Å². The van der Waals surface area contributed by atoms with Crippen LogP contribution in [0.25, 0.3) is 0 Å². The second-order valence-electron chi connectivity index (χ2n) is 6.31. The molecule has 2 unspecified atom stereocenters. The highest BCUT2D eigenvalue weighted by atomic mass is 14.3. The van der Waals surface area contributed by atoms with Crippen molar-refractivity contribution in [3.8, 4) is 0 Å². The quantitative estimate of drug-likeness (QED) is 0.336. The lowest BCUT2D eigenvalue weighted by Crippen LogP contribution is -2.27. The molecule has 0 bridgehead atoms. The second kappa shape index (κ2) is 9.00. The van der Waals surface area contributed by atoms with E-state index in [0.717, 1.165) is 0 Å². The lowest BCUT2D eigenvalue weighted by Gasteiger charge is -2.33. The fourth-order valence-corrected chi connectivity index (χ4v) is 2.93. The van der Waals surface area contributed by atoms with Gasteiger partial charge in [0.2, 0.25) is 0 Å². The van der Waals surface area contributed by atoms with Crippen LogP contribution in [0.3, 0.4) is 0 Å². The molecule has 0 heteroatoms. The second-order valence-corrected chi connectivity index (χ2v) is 6.31. The fraction of sp³-hybridized carbons (Fsp3) is 0.600. The van der Waals surface area contributed by atoms with Gasteiger partial charge in [-0.3, -0.25) is 0 Å². The predicted octanol–water partition coefficient (Wildman–Crippen LogP) is 6.52. The van der Waals surface area contributed by atoms with Gasteiger partial charge in [-0.15, -0.1) is 6.58 Å². The molecule has 0 saturated heterocycles. The van der Waals surface area contributed by atoms with Crippen LogP contribution in [0.5, 0.6) is 0 Å². The lowest BCUT2D eigenvalue weighted by molar-refractivity contribution is 0.349. The van der Waals surface area contributed by atoms with E-state index in [1.165, 1.54) is 50.5 Å². The molecule has 0 N–H and O–H groups in total. The molecule has 0 heterocycles. The molecule has 0 aliphatic carbocycles. The molecular formula is C20H32. The summed E-state index contributed by atoms with van der Waals surface area (Å²) in [6, 6.07) is 10.8. The van der Waals surface area contributed by atoms with Gasteiger partial charge in [0.25, 0.3) is 0 Å². The number of hydrogen-bond donors (Lipinski definition) is 0. The molecule has 0 aromatic heterocycles. The summed E-state index contributed by atoms with van der Waals surface area (Å²) in [5.41, 5.74) is 1.50. The molecular weight excluding hydrogens is 240 g/mol. The maximum absolute atomic E-state index is 4.10. The zero-order chi connectivity index (χ0) is 14.8. The minimum absolute atomic E-state index is 0.102. The molecule has 0 fully saturated rings. The third-order valence-electron chi connectivity index (χ3n) is 4.83. The van der Waals surface area contributed by atoms with Crippen LogP contribution in [-0.2, 0) is 5.41 Å². The Bertz CT molecular complexity index is 365. The number of hydrogen-bond acceptors (Lipinski definition) is 0. The van der Waals surface area contributed by atoms with Gasteiger partial charge in [0.15, 0.2) is 0 Å². The maximum Gasteiger partial charge on any atom is 0.0127 e. The van der Waals surface area contributed by atoms with Crippen molar-refractivity contribution in [1.29, 1.82) is 0 Å². The molecule has 2 atom stereocenters. The van der Waals surface area contributed by atoms with E-state index in [4.69, 9.17) is 0 Å². The van der Waals surface area contributed by atoms with Crippen molar-refractivity contribution in [3.05, 3.63) is 48.6 Å². The van der Waals surface area contributed by atoms with E-state index >= 15 is 0 Å². The van der Waals surface area contributed by atoms with Crippen molar-refractivity contribution >= 4 is 0 Å². The van der Waals surface area contributed by atoms with Crippen LogP contribution in [0.2, 0.25) is 0 Å². The van der Waals surface area contributed by atoms with Crippen LogP contribution in [0.15, 0.2) is 43.0 Å². The van der Waals surface area contributed by atoms with Crippen molar-refractivity contribution in [2.75, 3.05) is 0 Å². The molecule has 0 aliphatic heterocycles. The first-order valence-corrected chi connectivity index (χ1v) is 8.34. The molecule has 0 amide bonds. The van der Waals surface area contributed by atoms with Gasteiger partial charge in [0, 0.05) is 5.41 Å². The molecule has 0 spiro atoms. The monoisotopic (exact) mass is 272 g/mol. The van der Waals surface area contributed by atoms with E-state index in [1.807, 2.05) is 0 Å². The minimum atomic E-state index is 0.102. The Balaban J connectivity index is 2.47. The van der Waals surface area contributed by atoms with Gasteiger partial charge in [-0.05, 0) is 17.9 Å². The Morgan fingerprint density at radius 2 is 1.65 bits per heavy atom. The molecule has 0 aliphatic rings. The highest BCUT2D eigenvalue weighted by Gasteiger charge is 2.29. The smallest absolute Gasteiger partial charge is 0.0127 e. The largest absolute Gasteiger partial charge is 0.102 e. The lowest BCUT2D eigenvalue weighted by atomic mass is 9.71. The Labute approximate surface area is 126 Å². The van der Waals surface area contributed by atoms with Crippen molar-refractivity contribution < 1.29 is 0 Å². The molecule has 0 nitrogen and oxygen atoms in total. The number of allylic oxidation sites excluding steroid dienone is 1. The van der Waals surface area contributed by atoms with Gasteiger partial charge in [-0.1, -0.05) is 95.7 Å². The summed E-state index contributed by atoms with van der Waals surface area (Å²) in [6.45, 7) is 11.1. The fourth-order valence-electron chi connectivity index (χ4n) is 2.93. The van der Waals surface area contributed by atoms with Gasteiger partial charge < -0.3 is 0 Å². The van der Waals surface area contributed by atoms with Gasteiger partial charge in [-0.2, -0.15) is 0 Å². The number of benzene rings is 1. The van der Waals surface area contributed by atoms with Crippen LogP contribution in [0, 0.1) is 5.92 Å². The zero-order valence-electron chi connectivity index (χ0n) is 13.7. The van der Waals surface area contributed by atoms with Gasteiger partial charge >= 0.3 is 0 Å². The van der Waals surface area contributed by atoms with E-state index in [-0.39, 0.29) is 5.41 Å². The van der Waals surface area contributed by atoms with E-state index in [9.17, 15) is 0 Å². The van der Waals surface area contributed by atoms with E-state index in [1.54, 1.807) is 0 Å². The first kappa shape index (κ1) is 17.0. The van der Waals surface area contributed by atoms with E-state index in [2.05, 4.69) is 63.8 Å². The molecule has 1 rings (SSSR count). The van der Waals surface area contributed by atoms with E-state index in [0.29, 0.717) is 5.92 Å². The Hall–Kier alpha value is -1.04. The van der Waals surface area contributed by atoms with Crippen molar-refractivity contribution in [2.24, 2.45) is 5.92 Å². The molecule has 1 aromatic rings. The summed E-state index contributed by atoms with van der Waals surface area (Å²) in [7, 11) is 0. The first-order valence-electron chi connectivity index (χ1n) is 8.34. The summed E-state index contributed by atoms with van der Waals surface area (Å²) in [5.74, 6) is 0.647. The summed E-state index contributed by atoms with van der Waals surface area (Å²) in [6.07, 6.45) is 11.7. The Morgan fingerprint density at radius 3 is 2.25 bits per heavy atom. The van der Waals surface area contributed by atoms with Gasteiger partial charge in [0.1, 0.15) is 0 Å². The Kier molecular flexibility index (Phi) is 7.65. The number of unbranched alkanes of at least 4 members (excludes halogenated alkanes) is 5. The summed E-state index contributed by atoms with van der Waals surface area (Å²) in [4.78, 5) is 0. The zero-order valence-corrected chi connectivity index (χ0v) is 13.7. The molecule has 20 heavy (non-hydrogen) atoms. The molecule has 112 valence electrons. The Morgan fingerprint density at radius 1 is 1.05 bits per heavy atom. The van der Waals surface area contributed by atoms with Crippen LogP contribution < -0.4 is 0 Å². The van der Waals surface area contributed by atoms with E-state index < -0.39 is 0 Å². The highest BCUT2D eigenvalue weighted by Crippen LogP contribution is 2.36. The molecule has 0 saturated carbocycles. The minimum Gasteiger partial charge on any atom is -0.102 e. The van der Waals surface area contributed by atoms with Crippen LogP contribution >= 0.6 is 0 Å². The predicted molar refractivity (Wildman–Crippen MR) is 91.1 cm³/mol. The van der Waals surface area contributed by atoms with Crippen molar-refractivity contribution in [2.45, 2.75) is 71.1 Å². The summed E-state index contributed by atoms with van der Waals surface area (Å²) >= 11 is 0. The average molecular weight is 272 g/mol. The number of rotatable bonds is 10. The maximum atomic E-state index is 4.10. The third kappa shape index (κ3) is 4.81. The topological polar surface area (TPSA) is 0 Å².